The number of benzene rings is 1. The summed E-state index contributed by atoms with van der Waals surface area (Å²) >= 11 is 0. The largest absolute Gasteiger partial charge is 0.452 e. The summed E-state index contributed by atoms with van der Waals surface area (Å²) < 4.78 is 10.3. The molecule has 1 aromatic carbocycles. The van der Waals surface area contributed by atoms with Crippen LogP contribution in [-0.4, -0.2) is 42.1 Å². The molecule has 2 N–H and O–H groups in total. The van der Waals surface area contributed by atoms with Crippen LogP contribution >= 0.6 is 0 Å². The zero-order valence-electron chi connectivity index (χ0n) is 16.7. The molecule has 0 spiro atoms. The maximum absolute atomic E-state index is 12.6. The maximum atomic E-state index is 12.6. The van der Waals surface area contributed by atoms with Crippen LogP contribution in [0.1, 0.15) is 42.4 Å². The van der Waals surface area contributed by atoms with Gasteiger partial charge in [0, 0.05) is 18.0 Å². The number of aryl methyl sites for hydroxylation is 1. The topological polar surface area (TPSA) is 107 Å². The fourth-order valence-electron chi connectivity index (χ4n) is 2.69. The number of nitrogens with zero attached hydrogens (tertiary/aromatic N) is 1. The summed E-state index contributed by atoms with van der Waals surface area (Å²) in [7, 11) is 1.50. The van der Waals surface area contributed by atoms with E-state index in [4.69, 9.17) is 9.47 Å². The van der Waals surface area contributed by atoms with Crippen LogP contribution in [0.15, 0.2) is 24.3 Å². The average molecular weight is 387 g/mol. The molecule has 0 bridgehead atoms. The van der Waals surface area contributed by atoms with Crippen LogP contribution in [0, 0.1) is 6.92 Å². The molecular formula is C20H25N3O5. The molecule has 0 radical (unpaired) electrons. The van der Waals surface area contributed by atoms with Gasteiger partial charge in [0.15, 0.2) is 6.61 Å². The number of ether oxygens (including phenoxy) is 2. The molecule has 0 saturated heterocycles. The number of nitrogens with one attached hydrogen (secondary N) is 2. The summed E-state index contributed by atoms with van der Waals surface area (Å²) in [6, 6.07) is 6.75. The van der Waals surface area contributed by atoms with E-state index in [9.17, 15) is 14.4 Å². The first-order valence-electron chi connectivity index (χ1n) is 8.78. The predicted molar refractivity (Wildman–Crippen MR) is 104 cm³/mol. The first-order valence-corrected chi connectivity index (χ1v) is 8.78. The van der Waals surface area contributed by atoms with Crippen molar-refractivity contribution in [2.45, 2.75) is 39.8 Å². The highest BCUT2D eigenvalue weighted by molar-refractivity contribution is 6.00. The summed E-state index contributed by atoms with van der Waals surface area (Å²) in [5.74, 6) is -1.43. The highest BCUT2D eigenvalue weighted by atomic mass is 16.5. The molecule has 0 aliphatic rings. The van der Waals surface area contributed by atoms with Gasteiger partial charge in [0.1, 0.15) is 0 Å². The molecule has 0 fully saturated rings. The number of hydrogen-bond donors (Lipinski definition) is 2. The van der Waals surface area contributed by atoms with Gasteiger partial charge >= 0.3 is 12.0 Å². The number of fused-ring (bicyclic) bond motifs is 1. The van der Waals surface area contributed by atoms with Crippen molar-refractivity contribution in [1.82, 2.24) is 15.6 Å². The van der Waals surface area contributed by atoms with Crippen molar-refractivity contribution in [1.29, 1.82) is 0 Å². The van der Waals surface area contributed by atoms with Crippen molar-refractivity contribution in [3.8, 4) is 0 Å². The van der Waals surface area contributed by atoms with Crippen LogP contribution < -0.4 is 10.6 Å². The summed E-state index contributed by atoms with van der Waals surface area (Å²) in [5, 5.41) is 5.52. The van der Waals surface area contributed by atoms with Gasteiger partial charge in [0.25, 0.3) is 5.91 Å². The Bertz CT molecular complexity index is 903. The van der Waals surface area contributed by atoms with Crippen LogP contribution in [0.2, 0.25) is 0 Å². The van der Waals surface area contributed by atoms with E-state index < -0.39 is 30.1 Å². The standard InChI is InChI=1S/C20H25N3O5/c1-12-13-8-6-7-9-14(13)21-15(10-27-5)17(12)18(25)28-11-16(24)22-19(26)23-20(2,3)4/h6-9H,10-11H2,1-5H3,(H2,22,23,24,26). The van der Waals surface area contributed by atoms with E-state index in [2.05, 4.69) is 15.6 Å². The van der Waals surface area contributed by atoms with E-state index in [0.717, 1.165) is 10.9 Å². The zero-order chi connectivity index (χ0) is 20.9. The minimum Gasteiger partial charge on any atom is -0.452 e. The molecule has 8 nitrogen and oxygen atoms in total. The number of pyridine rings is 1. The second-order valence-electron chi connectivity index (χ2n) is 7.34. The van der Waals surface area contributed by atoms with Gasteiger partial charge in [-0.1, -0.05) is 18.2 Å². The molecule has 2 rings (SSSR count). The summed E-state index contributed by atoms with van der Waals surface area (Å²) in [5.41, 5.74) is 1.61. The predicted octanol–water partition coefficient (Wildman–Crippen LogP) is 2.47. The van der Waals surface area contributed by atoms with E-state index >= 15 is 0 Å². The first-order chi connectivity index (χ1) is 13.1. The molecule has 3 amide bonds. The Labute approximate surface area is 163 Å². The van der Waals surface area contributed by atoms with Gasteiger partial charge in [0.2, 0.25) is 0 Å². The van der Waals surface area contributed by atoms with E-state index in [0.29, 0.717) is 11.3 Å². The molecule has 0 aliphatic carbocycles. The molecule has 8 heteroatoms. The van der Waals surface area contributed by atoms with Crippen molar-refractivity contribution in [3.63, 3.8) is 0 Å². The maximum Gasteiger partial charge on any atom is 0.340 e. The first kappa shape index (κ1) is 21.3. The number of methoxy groups -OCH3 is 1. The number of aromatic nitrogens is 1. The molecule has 150 valence electrons. The van der Waals surface area contributed by atoms with Crippen molar-refractivity contribution >= 4 is 28.8 Å². The monoisotopic (exact) mass is 387 g/mol. The fourth-order valence-corrected chi connectivity index (χ4v) is 2.69. The van der Waals surface area contributed by atoms with Gasteiger partial charge in [-0.05, 0) is 39.3 Å². The lowest BCUT2D eigenvalue weighted by molar-refractivity contribution is -0.123. The molecule has 2 aromatic rings. The molecule has 0 aliphatic heterocycles. The number of carbonyl (C=O) groups excluding carboxylic acids is 3. The van der Waals surface area contributed by atoms with E-state index in [1.165, 1.54) is 7.11 Å². The quantitative estimate of drug-likeness (QED) is 0.764. The van der Waals surface area contributed by atoms with Gasteiger partial charge in [-0.3, -0.25) is 10.1 Å². The normalized spacial score (nSPS) is 11.2. The minimum absolute atomic E-state index is 0.121. The number of rotatable bonds is 5. The number of carbonyl (C=O) groups is 3. The molecule has 0 atom stereocenters. The van der Waals surface area contributed by atoms with Crippen LogP contribution in [-0.2, 0) is 20.9 Å². The number of urea groups is 1. The third-order valence-electron chi connectivity index (χ3n) is 3.79. The third kappa shape index (κ3) is 5.50. The Hall–Kier alpha value is -3.00. The fraction of sp³-hybridized carbons (Fsp3) is 0.400. The molecule has 0 saturated carbocycles. The molecule has 1 heterocycles. The SMILES string of the molecule is COCc1nc2ccccc2c(C)c1C(=O)OCC(=O)NC(=O)NC(C)(C)C. The van der Waals surface area contributed by atoms with Crippen LogP contribution in [0.3, 0.4) is 0 Å². The van der Waals surface area contributed by atoms with Crippen LogP contribution in [0.5, 0.6) is 0 Å². The van der Waals surface area contributed by atoms with E-state index in [-0.39, 0.29) is 12.2 Å². The van der Waals surface area contributed by atoms with Crippen LogP contribution in [0.4, 0.5) is 4.79 Å². The Balaban J connectivity index is 2.14. The summed E-state index contributed by atoms with van der Waals surface area (Å²) in [6.45, 7) is 6.67. The minimum atomic E-state index is -0.727. The van der Waals surface area contributed by atoms with Crippen molar-refractivity contribution in [2.24, 2.45) is 0 Å². The molecule has 0 unspecified atom stereocenters. The Morgan fingerprint density at radius 3 is 2.46 bits per heavy atom. The molecule has 1 aromatic heterocycles. The lowest BCUT2D eigenvalue weighted by Gasteiger charge is -2.20. The number of para-hydroxylation sites is 1. The Morgan fingerprint density at radius 1 is 1.14 bits per heavy atom. The lowest BCUT2D eigenvalue weighted by Crippen LogP contribution is -2.49. The van der Waals surface area contributed by atoms with E-state index in [1.54, 1.807) is 27.7 Å². The van der Waals surface area contributed by atoms with Gasteiger partial charge in [-0.15, -0.1) is 0 Å². The van der Waals surface area contributed by atoms with Crippen molar-refractivity contribution < 1.29 is 23.9 Å². The number of hydrogen-bond acceptors (Lipinski definition) is 6. The summed E-state index contributed by atoms with van der Waals surface area (Å²) in [6.07, 6.45) is 0. The number of amides is 3. The number of esters is 1. The summed E-state index contributed by atoms with van der Waals surface area (Å²) in [4.78, 5) is 40.7. The van der Waals surface area contributed by atoms with Crippen molar-refractivity contribution in [2.75, 3.05) is 13.7 Å². The third-order valence-corrected chi connectivity index (χ3v) is 3.79. The molecule has 28 heavy (non-hydrogen) atoms. The van der Waals surface area contributed by atoms with Crippen LogP contribution in [0.25, 0.3) is 10.9 Å². The highest BCUT2D eigenvalue weighted by Crippen LogP contribution is 2.24. The smallest absolute Gasteiger partial charge is 0.340 e. The lowest BCUT2D eigenvalue weighted by atomic mass is 10.0. The Morgan fingerprint density at radius 2 is 1.82 bits per heavy atom. The van der Waals surface area contributed by atoms with Gasteiger partial charge in [0.05, 0.1) is 23.4 Å². The van der Waals surface area contributed by atoms with Gasteiger partial charge in [-0.2, -0.15) is 0 Å². The average Bonchev–Trinajstić information content (AvgIpc) is 2.58. The highest BCUT2D eigenvalue weighted by Gasteiger charge is 2.22. The second kappa shape index (κ2) is 8.79. The second-order valence-corrected chi connectivity index (χ2v) is 7.34. The zero-order valence-corrected chi connectivity index (χ0v) is 16.7. The number of imide groups is 1. The Kier molecular flexibility index (Phi) is 6.69. The van der Waals surface area contributed by atoms with E-state index in [1.807, 2.05) is 24.3 Å². The van der Waals surface area contributed by atoms with Crippen molar-refractivity contribution in [3.05, 3.63) is 41.1 Å². The molecular weight excluding hydrogens is 362 g/mol. The van der Waals surface area contributed by atoms with Gasteiger partial charge in [-0.25, -0.2) is 14.6 Å². The van der Waals surface area contributed by atoms with Gasteiger partial charge < -0.3 is 14.8 Å².